The molecular formula is C22H25N3O3S. The second kappa shape index (κ2) is 7.15. The SMILES string of the molecule is CC1(C)Cc2cccc(OC3CCN(Cc4cc(=O)n5ccsc5n4)CC3)c2O1. The molecule has 7 heteroatoms. The van der Waals surface area contributed by atoms with Gasteiger partial charge in [-0.3, -0.25) is 14.1 Å². The summed E-state index contributed by atoms with van der Waals surface area (Å²) >= 11 is 1.49. The van der Waals surface area contributed by atoms with Crippen molar-refractivity contribution in [1.29, 1.82) is 0 Å². The van der Waals surface area contributed by atoms with Crippen LogP contribution in [0.1, 0.15) is 37.9 Å². The van der Waals surface area contributed by atoms with E-state index in [2.05, 4.69) is 35.9 Å². The molecule has 2 aliphatic heterocycles. The van der Waals surface area contributed by atoms with Crippen molar-refractivity contribution in [3.8, 4) is 11.5 Å². The summed E-state index contributed by atoms with van der Waals surface area (Å²) in [7, 11) is 0. The highest BCUT2D eigenvalue weighted by Gasteiger charge is 2.33. The molecule has 0 atom stereocenters. The van der Waals surface area contributed by atoms with E-state index < -0.39 is 0 Å². The van der Waals surface area contributed by atoms with E-state index >= 15 is 0 Å². The van der Waals surface area contributed by atoms with E-state index in [0.717, 1.165) is 54.5 Å². The van der Waals surface area contributed by atoms with Crippen LogP contribution in [0.4, 0.5) is 0 Å². The van der Waals surface area contributed by atoms with Crippen molar-refractivity contribution >= 4 is 16.3 Å². The first-order valence-corrected chi connectivity index (χ1v) is 11.0. The van der Waals surface area contributed by atoms with E-state index in [1.165, 1.54) is 16.9 Å². The lowest BCUT2D eigenvalue weighted by Gasteiger charge is -2.32. The van der Waals surface area contributed by atoms with E-state index in [0.29, 0.717) is 6.54 Å². The first-order valence-electron chi connectivity index (χ1n) is 10.1. The summed E-state index contributed by atoms with van der Waals surface area (Å²) in [5, 5.41) is 1.89. The summed E-state index contributed by atoms with van der Waals surface area (Å²) in [6.07, 6.45) is 4.77. The number of thiazole rings is 1. The van der Waals surface area contributed by atoms with Crippen LogP contribution in [0.2, 0.25) is 0 Å². The number of likely N-dealkylation sites (tertiary alicyclic amines) is 1. The molecule has 2 aliphatic rings. The Hall–Kier alpha value is -2.38. The summed E-state index contributed by atoms with van der Waals surface area (Å²) in [6, 6.07) is 7.84. The highest BCUT2D eigenvalue weighted by atomic mass is 32.1. The van der Waals surface area contributed by atoms with Gasteiger partial charge in [0.2, 0.25) is 0 Å². The smallest absolute Gasteiger partial charge is 0.258 e. The first-order chi connectivity index (χ1) is 14.0. The van der Waals surface area contributed by atoms with Crippen LogP contribution in [-0.2, 0) is 13.0 Å². The fourth-order valence-corrected chi connectivity index (χ4v) is 4.98. The third-order valence-corrected chi connectivity index (χ3v) is 6.38. The minimum absolute atomic E-state index is 0.00896. The number of hydrogen-bond donors (Lipinski definition) is 0. The summed E-state index contributed by atoms with van der Waals surface area (Å²) < 4.78 is 14.1. The van der Waals surface area contributed by atoms with Crippen LogP contribution in [0.25, 0.3) is 4.96 Å². The first kappa shape index (κ1) is 18.6. The van der Waals surface area contributed by atoms with Crippen molar-refractivity contribution < 1.29 is 9.47 Å². The molecule has 0 saturated carbocycles. The predicted molar refractivity (Wildman–Crippen MR) is 113 cm³/mol. The molecule has 1 saturated heterocycles. The average molecular weight is 412 g/mol. The van der Waals surface area contributed by atoms with Gasteiger partial charge in [-0.2, -0.15) is 0 Å². The molecule has 5 rings (SSSR count). The number of hydrogen-bond acceptors (Lipinski definition) is 6. The molecule has 0 N–H and O–H groups in total. The highest BCUT2D eigenvalue weighted by molar-refractivity contribution is 7.15. The molecule has 0 aliphatic carbocycles. The molecule has 152 valence electrons. The van der Waals surface area contributed by atoms with Gasteiger partial charge in [-0.1, -0.05) is 12.1 Å². The summed E-state index contributed by atoms with van der Waals surface area (Å²) in [5.74, 6) is 1.78. The molecule has 0 unspecified atom stereocenters. The van der Waals surface area contributed by atoms with Crippen molar-refractivity contribution in [3.63, 3.8) is 0 Å². The van der Waals surface area contributed by atoms with E-state index in [4.69, 9.17) is 9.47 Å². The van der Waals surface area contributed by atoms with Crippen LogP contribution in [-0.4, -0.2) is 39.1 Å². The number of benzene rings is 1. The van der Waals surface area contributed by atoms with E-state index in [1.54, 1.807) is 16.7 Å². The molecular weight excluding hydrogens is 386 g/mol. The van der Waals surface area contributed by atoms with Gasteiger partial charge in [-0.25, -0.2) is 4.98 Å². The summed E-state index contributed by atoms with van der Waals surface area (Å²) in [4.78, 5) is 19.9. The normalized spacial score (nSPS) is 19.2. The Kier molecular flexibility index (Phi) is 4.59. The summed E-state index contributed by atoms with van der Waals surface area (Å²) in [6.45, 7) is 6.79. The molecule has 1 fully saturated rings. The van der Waals surface area contributed by atoms with Crippen molar-refractivity contribution in [2.45, 2.75) is 51.4 Å². The van der Waals surface area contributed by atoms with Crippen LogP contribution in [0.15, 0.2) is 40.6 Å². The predicted octanol–water partition coefficient (Wildman–Crippen LogP) is 3.51. The molecule has 29 heavy (non-hydrogen) atoms. The fourth-order valence-electron chi connectivity index (χ4n) is 4.24. The number of fused-ring (bicyclic) bond motifs is 2. The van der Waals surface area contributed by atoms with Crippen LogP contribution in [0.5, 0.6) is 11.5 Å². The Bertz CT molecular complexity index is 1100. The zero-order chi connectivity index (χ0) is 20.0. The molecule has 4 heterocycles. The Balaban J connectivity index is 1.21. The van der Waals surface area contributed by atoms with Crippen molar-refractivity contribution in [2.24, 2.45) is 0 Å². The Morgan fingerprint density at radius 1 is 1.31 bits per heavy atom. The van der Waals surface area contributed by atoms with Crippen molar-refractivity contribution in [1.82, 2.24) is 14.3 Å². The van der Waals surface area contributed by atoms with Gasteiger partial charge in [0.05, 0.1) is 5.69 Å². The Labute approximate surface area is 173 Å². The minimum Gasteiger partial charge on any atom is -0.486 e. The molecule has 2 aromatic heterocycles. The maximum absolute atomic E-state index is 12.2. The van der Waals surface area contributed by atoms with Crippen LogP contribution < -0.4 is 15.0 Å². The third kappa shape index (κ3) is 3.76. The van der Waals surface area contributed by atoms with Crippen LogP contribution in [0.3, 0.4) is 0 Å². The van der Waals surface area contributed by atoms with Gasteiger partial charge < -0.3 is 9.47 Å². The van der Waals surface area contributed by atoms with Crippen LogP contribution >= 0.6 is 11.3 Å². The van der Waals surface area contributed by atoms with Gasteiger partial charge >= 0.3 is 0 Å². The Morgan fingerprint density at radius 2 is 2.14 bits per heavy atom. The molecule has 3 aromatic rings. The number of piperidine rings is 1. The topological polar surface area (TPSA) is 56.1 Å². The Morgan fingerprint density at radius 3 is 2.97 bits per heavy atom. The third-order valence-electron chi connectivity index (χ3n) is 5.63. The van der Waals surface area contributed by atoms with Gasteiger partial charge in [0, 0.05) is 49.3 Å². The second-order valence-electron chi connectivity index (χ2n) is 8.52. The zero-order valence-electron chi connectivity index (χ0n) is 16.8. The lowest BCUT2D eigenvalue weighted by Crippen LogP contribution is -2.38. The van der Waals surface area contributed by atoms with Gasteiger partial charge in [0.25, 0.3) is 5.56 Å². The van der Waals surface area contributed by atoms with Gasteiger partial charge in [0.1, 0.15) is 11.7 Å². The number of rotatable bonds is 4. The fraction of sp³-hybridized carbons (Fsp3) is 0.455. The highest BCUT2D eigenvalue weighted by Crippen LogP contribution is 2.42. The van der Waals surface area contributed by atoms with E-state index in [9.17, 15) is 4.79 Å². The number of para-hydroxylation sites is 1. The molecule has 0 radical (unpaired) electrons. The lowest BCUT2D eigenvalue weighted by molar-refractivity contribution is 0.0858. The van der Waals surface area contributed by atoms with Crippen LogP contribution in [0, 0.1) is 0 Å². The minimum atomic E-state index is -0.166. The van der Waals surface area contributed by atoms with E-state index in [1.807, 2.05) is 11.4 Å². The maximum atomic E-state index is 12.2. The number of aromatic nitrogens is 2. The van der Waals surface area contributed by atoms with Gasteiger partial charge in [0.15, 0.2) is 16.5 Å². The monoisotopic (exact) mass is 411 g/mol. The largest absolute Gasteiger partial charge is 0.486 e. The molecule has 1 aromatic carbocycles. The molecule has 0 spiro atoms. The van der Waals surface area contributed by atoms with E-state index in [-0.39, 0.29) is 17.3 Å². The zero-order valence-corrected chi connectivity index (χ0v) is 17.6. The molecule has 6 nitrogen and oxygen atoms in total. The van der Waals surface area contributed by atoms with Gasteiger partial charge in [-0.15, -0.1) is 11.3 Å². The number of ether oxygens (including phenoxy) is 2. The second-order valence-corrected chi connectivity index (χ2v) is 9.39. The quantitative estimate of drug-likeness (QED) is 0.658. The maximum Gasteiger partial charge on any atom is 0.258 e. The van der Waals surface area contributed by atoms with Gasteiger partial charge in [-0.05, 0) is 32.8 Å². The standard InChI is InChI=1S/C22H25N3O3S/c1-22(2)13-15-4-3-5-18(20(15)28-22)27-17-6-8-24(9-7-17)14-16-12-19(26)25-10-11-29-21(25)23-16/h3-5,10-12,17H,6-9,13-14H2,1-2H3. The van der Waals surface area contributed by atoms with Crippen molar-refractivity contribution in [2.75, 3.05) is 13.1 Å². The average Bonchev–Trinajstić information content (AvgIpc) is 3.27. The molecule has 0 amide bonds. The lowest BCUT2D eigenvalue weighted by atomic mass is 10.0. The number of nitrogens with zero attached hydrogens (tertiary/aromatic N) is 3. The molecule has 0 bridgehead atoms. The summed E-state index contributed by atoms with van der Waals surface area (Å²) in [5.41, 5.74) is 1.89. The van der Waals surface area contributed by atoms with Crippen molar-refractivity contribution in [3.05, 3.63) is 57.5 Å².